The van der Waals surface area contributed by atoms with Crippen LogP contribution in [0.4, 0.5) is 15.3 Å². The third-order valence-corrected chi connectivity index (χ3v) is 15.3. The molecule has 14 heteroatoms. The van der Waals surface area contributed by atoms with Gasteiger partial charge in [0, 0.05) is 23.2 Å². The molecule has 8 atom stereocenters. The van der Waals surface area contributed by atoms with E-state index in [1.54, 1.807) is 4.90 Å². The van der Waals surface area contributed by atoms with Crippen LogP contribution in [-0.2, 0) is 29.3 Å². The summed E-state index contributed by atoms with van der Waals surface area (Å²) in [5, 5.41) is 8.70. The predicted octanol–water partition coefficient (Wildman–Crippen LogP) is 8.45. The van der Waals surface area contributed by atoms with Gasteiger partial charge in [0.05, 0.1) is 31.3 Å². The highest BCUT2D eigenvalue weighted by atomic mass is 16.5. The highest BCUT2D eigenvalue weighted by molar-refractivity contribution is 6.00. The van der Waals surface area contributed by atoms with Gasteiger partial charge in [-0.2, -0.15) is 0 Å². The van der Waals surface area contributed by atoms with Crippen LogP contribution in [0.5, 0.6) is 0 Å². The van der Waals surface area contributed by atoms with Gasteiger partial charge in [0.2, 0.25) is 17.7 Å². The van der Waals surface area contributed by atoms with Crippen LogP contribution in [0.2, 0.25) is 0 Å². The molecule has 4 N–H and O–H groups in total. The van der Waals surface area contributed by atoms with Gasteiger partial charge in [-0.3, -0.25) is 14.4 Å². The maximum atomic E-state index is 14.4. The van der Waals surface area contributed by atoms with Gasteiger partial charge in [0.1, 0.15) is 23.9 Å². The lowest BCUT2D eigenvalue weighted by Crippen LogP contribution is -2.58. The number of amides is 5. The molecule has 1 unspecified atom stereocenters. The summed E-state index contributed by atoms with van der Waals surface area (Å²) >= 11 is 0. The van der Waals surface area contributed by atoms with Crippen LogP contribution >= 0.6 is 0 Å². The maximum Gasteiger partial charge on any atom is 0.407 e. The first-order valence-electron chi connectivity index (χ1n) is 23.5. The van der Waals surface area contributed by atoms with Crippen LogP contribution in [0.25, 0.3) is 33.3 Å². The summed E-state index contributed by atoms with van der Waals surface area (Å²) in [6.45, 7) is 12.1. The molecule has 1 aromatic heterocycles. The van der Waals surface area contributed by atoms with Crippen LogP contribution in [-0.4, -0.2) is 94.1 Å². The number of imidazole rings is 1. The molecule has 4 fully saturated rings. The Morgan fingerprint density at radius 3 is 2.02 bits per heavy atom. The first-order chi connectivity index (χ1) is 31.1. The van der Waals surface area contributed by atoms with Gasteiger partial charge in [0.25, 0.3) is 0 Å². The number of carbonyl (C=O) groups excluding carboxylic acids is 5. The molecule has 14 nitrogen and oxygen atoms in total. The number of aromatic amines is 1. The summed E-state index contributed by atoms with van der Waals surface area (Å²) in [5.41, 5.74) is 8.66. The normalized spacial score (nSPS) is 24.6. The number of alkyl carbamates (subject to hydrolysis) is 2. The third kappa shape index (κ3) is 7.79. The number of benzene rings is 3. The van der Waals surface area contributed by atoms with Crippen molar-refractivity contribution in [3.8, 4) is 22.3 Å². The molecule has 2 saturated carbocycles. The first-order valence-corrected chi connectivity index (χ1v) is 23.5. The lowest BCUT2D eigenvalue weighted by molar-refractivity contribution is -0.143. The number of anilines is 1. The number of hydrogen-bond donors (Lipinski definition) is 4. The smallest absolute Gasteiger partial charge is 0.407 e. The van der Waals surface area contributed by atoms with Crippen molar-refractivity contribution in [3.05, 3.63) is 71.5 Å². The summed E-state index contributed by atoms with van der Waals surface area (Å²) in [6, 6.07) is 16.7. The van der Waals surface area contributed by atoms with Crippen molar-refractivity contribution in [1.82, 2.24) is 30.4 Å². The standard InChI is InChI=1S/C51H63N7O7/c1-26(2)42(55-49(62)64-7)47(60)57-33-17-13-31(21-33)44(57)46(59)52-32-16-19-35-34-18-14-28(22-36(34)51(5,6)37(35)25-32)29-15-20-38-39(23-29)54-45(53-38)41-24-30-11-9-10-12-40(30)58(41)48(61)43(27(3)4)56-50(63)65-8/h14-16,18-20,22-23,25-27,30-31,33,40-44H,9-13,17,21,24H2,1-8H3,(H,52,59)(H,53,54)(H,55,62)(H,56,63)/t30-,31?,33+,40-,41-,42-,43-,44-/m0/s1. The highest BCUT2D eigenvalue weighted by Crippen LogP contribution is 2.51. The van der Waals surface area contributed by atoms with E-state index in [-0.39, 0.29) is 59.0 Å². The largest absolute Gasteiger partial charge is 0.453 e. The minimum Gasteiger partial charge on any atom is -0.453 e. The lowest BCUT2D eigenvalue weighted by Gasteiger charge is -2.37. The topological polar surface area (TPSA) is 175 Å². The van der Waals surface area contributed by atoms with Gasteiger partial charge in [-0.25, -0.2) is 14.6 Å². The molecule has 344 valence electrons. The number of likely N-dealkylation sites (tertiary alicyclic amines) is 2. The Bertz CT molecular complexity index is 2550. The maximum absolute atomic E-state index is 14.4. The van der Waals surface area contributed by atoms with E-state index in [1.807, 2.05) is 38.7 Å². The number of aromatic nitrogens is 2. The zero-order valence-corrected chi connectivity index (χ0v) is 38.8. The molecule has 5 aliphatic rings. The highest BCUT2D eigenvalue weighted by Gasteiger charge is 2.53. The van der Waals surface area contributed by atoms with E-state index >= 15 is 0 Å². The molecule has 5 amide bonds. The molecular weight excluding hydrogens is 823 g/mol. The number of carbonyl (C=O) groups is 5. The number of hydrogen-bond acceptors (Lipinski definition) is 8. The fraction of sp³-hybridized carbons (Fsp3) is 0.529. The van der Waals surface area contributed by atoms with E-state index in [1.165, 1.54) is 19.8 Å². The Labute approximate surface area is 381 Å². The molecule has 3 aliphatic carbocycles. The minimum absolute atomic E-state index is 0.0408. The van der Waals surface area contributed by atoms with Crippen molar-refractivity contribution in [2.24, 2.45) is 23.7 Å². The molecule has 2 saturated heterocycles. The minimum atomic E-state index is -0.800. The van der Waals surface area contributed by atoms with Crippen molar-refractivity contribution >= 4 is 46.6 Å². The van der Waals surface area contributed by atoms with Crippen LogP contribution in [0, 0.1) is 23.7 Å². The first kappa shape index (κ1) is 44.3. The van der Waals surface area contributed by atoms with Crippen LogP contribution in [0.3, 0.4) is 0 Å². The Balaban J connectivity index is 0.950. The second-order valence-electron chi connectivity index (χ2n) is 20.2. The summed E-state index contributed by atoms with van der Waals surface area (Å²) in [5.74, 6) is 0.341. The van der Waals surface area contributed by atoms with Crippen molar-refractivity contribution in [1.29, 1.82) is 0 Å². The monoisotopic (exact) mass is 885 g/mol. The molecule has 9 rings (SSSR count). The van der Waals surface area contributed by atoms with Gasteiger partial charge in [-0.1, -0.05) is 78.6 Å². The van der Waals surface area contributed by atoms with Crippen LogP contribution < -0.4 is 16.0 Å². The summed E-state index contributed by atoms with van der Waals surface area (Å²) < 4.78 is 9.71. The van der Waals surface area contributed by atoms with Crippen molar-refractivity contribution < 1.29 is 33.4 Å². The number of methoxy groups -OCH3 is 2. The number of piperidine rings is 1. The third-order valence-electron chi connectivity index (χ3n) is 15.3. The van der Waals surface area contributed by atoms with Gasteiger partial charge < -0.3 is 40.2 Å². The molecule has 2 aliphatic heterocycles. The van der Waals surface area contributed by atoms with Crippen LogP contribution in [0.15, 0.2) is 54.6 Å². The summed E-state index contributed by atoms with van der Waals surface area (Å²) in [6.07, 6.45) is 6.26. The predicted molar refractivity (Wildman–Crippen MR) is 248 cm³/mol. The van der Waals surface area contributed by atoms with Crippen molar-refractivity contribution in [3.63, 3.8) is 0 Å². The summed E-state index contributed by atoms with van der Waals surface area (Å²) in [4.78, 5) is 79.6. The molecule has 3 heterocycles. The van der Waals surface area contributed by atoms with E-state index in [0.717, 1.165) is 96.0 Å². The quantitative estimate of drug-likeness (QED) is 0.123. The summed E-state index contributed by atoms with van der Waals surface area (Å²) in [7, 11) is 2.59. The van der Waals surface area contributed by atoms with Gasteiger partial charge in [-0.15, -0.1) is 0 Å². The number of nitrogens with zero attached hydrogens (tertiary/aromatic N) is 3. The van der Waals surface area contributed by atoms with E-state index in [2.05, 4.69) is 83.3 Å². The number of ether oxygens (including phenoxy) is 2. The Morgan fingerprint density at radius 2 is 1.34 bits per heavy atom. The molecule has 0 radical (unpaired) electrons. The van der Waals surface area contributed by atoms with Crippen molar-refractivity contribution in [2.45, 2.75) is 135 Å². The molecular formula is C51H63N7O7. The zero-order valence-electron chi connectivity index (χ0n) is 38.8. The number of rotatable bonds is 10. The zero-order chi connectivity index (χ0) is 46.1. The Kier molecular flexibility index (Phi) is 11.7. The second kappa shape index (κ2) is 17.1. The van der Waals surface area contributed by atoms with Crippen LogP contribution in [0.1, 0.15) is 116 Å². The Morgan fingerprint density at radius 1 is 0.723 bits per heavy atom. The van der Waals surface area contributed by atoms with Gasteiger partial charge in [0.15, 0.2) is 0 Å². The fourth-order valence-electron chi connectivity index (χ4n) is 12.0. The fourth-order valence-corrected chi connectivity index (χ4v) is 12.0. The SMILES string of the molecule is COC(=O)N[C@H](C(=O)N1[C@@H]2CCC(C2)[C@H]1C(=O)Nc1ccc2c(c1)C(C)(C)c1cc(-c3ccc4[nH]c([C@@H]5C[C@@H]6CCCC[C@@H]6N5C(=O)[C@@H](NC(=O)OC)C(C)C)nc4c3)ccc1-2)C(C)C. The van der Waals surface area contributed by atoms with E-state index in [9.17, 15) is 24.0 Å². The Hall–Kier alpha value is -5.92. The van der Waals surface area contributed by atoms with Gasteiger partial charge in [-0.05, 0) is 126 Å². The molecule has 4 aromatic rings. The lowest BCUT2D eigenvalue weighted by atomic mass is 9.81. The molecule has 3 aromatic carbocycles. The average Bonchev–Trinajstić information content (AvgIpc) is 4.13. The molecule has 65 heavy (non-hydrogen) atoms. The second-order valence-corrected chi connectivity index (χ2v) is 20.2. The number of fused-ring (bicyclic) bond motifs is 7. The van der Waals surface area contributed by atoms with E-state index in [4.69, 9.17) is 14.5 Å². The van der Waals surface area contributed by atoms with E-state index in [0.29, 0.717) is 11.6 Å². The molecule has 0 spiro atoms. The number of nitrogens with one attached hydrogen (secondary N) is 4. The number of H-pyrrole nitrogens is 1. The van der Waals surface area contributed by atoms with E-state index < -0.39 is 30.3 Å². The molecule has 2 bridgehead atoms. The van der Waals surface area contributed by atoms with Crippen molar-refractivity contribution in [2.75, 3.05) is 19.5 Å². The van der Waals surface area contributed by atoms with Gasteiger partial charge >= 0.3 is 12.2 Å². The average molecular weight is 886 g/mol.